The van der Waals surface area contributed by atoms with Crippen LogP contribution in [0.5, 0.6) is 0 Å². The summed E-state index contributed by atoms with van der Waals surface area (Å²) >= 11 is 0. The van der Waals surface area contributed by atoms with E-state index in [9.17, 15) is 23.1 Å². The van der Waals surface area contributed by atoms with Crippen molar-refractivity contribution in [3.05, 3.63) is 53.0 Å². The van der Waals surface area contributed by atoms with Crippen molar-refractivity contribution in [2.24, 2.45) is 0 Å². The van der Waals surface area contributed by atoms with Crippen molar-refractivity contribution < 1.29 is 23.1 Å². The van der Waals surface area contributed by atoms with Gasteiger partial charge in [0, 0.05) is 37.4 Å². The number of β-amino-alcohol motifs (C(OH)–C–C–N with tert-alkyl or cyclic N) is 1. The van der Waals surface area contributed by atoms with E-state index in [1.165, 1.54) is 6.20 Å². The first-order chi connectivity index (χ1) is 15.1. The quantitative estimate of drug-likeness (QED) is 0.315. The van der Waals surface area contributed by atoms with E-state index in [1.54, 1.807) is 44.2 Å². The van der Waals surface area contributed by atoms with Gasteiger partial charge in [0.25, 0.3) is 11.8 Å². The molecule has 1 fully saturated rings. The minimum Gasteiger partial charge on any atom is -0.390 e. The van der Waals surface area contributed by atoms with Crippen LogP contribution >= 0.6 is 0 Å². The molecule has 0 saturated carbocycles. The number of rotatable bonds is 9. The number of aryl methyl sites for hydroxylation is 1. The summed E-state index contributed by atoms with van der Waals surface area (Å²) in [6.07, 6.45) is 7.40. The number of aliphatic hydroxyl groups excluding tert-OH is 1. The van der Waals surface area contributed by atoms with Crippen molar-refractivity contribution in [2.45, 2.75) is 26.9 Å². The predicted molar refractivity (Wildman–Crippen MR) is 125 cm³/mol. The highest BCUT2D eigenvalue weighted by molar-refractivity contribution is 7.91. The van der Waals surface area contributed by atoms with Crippen LogP contribution < -0.4 is 10.6 Å². The van der Waals surface area contributed by atoms with E-state index in [4.69, 9.17) is 0 Å². The summed E-state index contributed by atoms with van der Waals surface area (Å²) in [5.41, 5.74) is 1.98. The van der Waals surface area contributed by atoms with Crippen LogP contribution in [0, 0.1) is 6.92 Å². The van der Waals surface area contributed by atoms with Gasteiger partial charge >= 0.3 is 0 Å². The van der Waals surface area contributed by atoms with Crippen molar-refractivity contribution in [1.82, 2.24) is 20.5 Å². The Morgan fingerprint density at radius 2 is 1.94 bits per heavy atom. The molecule has 32 heavy (non-hydrogen) atoms. The fraction of sp³-hybridized carbons (Fsp3) is 0.455. The zero-order valence-corrected chi connectivity index (χ0v) is 19.5. The molecule has 176 valence electrons. The normalized spacial score (nSPS) is 18.2. The molecule has 1 saturated heterocycles. The van der Waals surface area contributed by atoms with Crippen LogP contribution in [0.25, 0.3) is 6.08 Å². The second-order valence-electron chi connectivity index (χ2n) is 7.67. The topological polar surface area (TPSA) is 132 Å². The minimum absolute atomic E-state index is 0.0268. The molecule has 1 atom stereocenters. The first-order valence-corrected chi connectivity index (χ1v) is 12.3. The summed E-state index contributed by atoms with van der Waals surface area (Å²) in [4.78, 5) is 30.1. The third-order valence-corrected chi connectivity index (χ3v) is 6.53. The molecule has 0 aliphatic carbocycles. The summed E-state index contributed by atoms with van der Waals surface area (Å²) in [7, 11) is -2.98. The highest BCUT2D eigenvalue weighted by Crippen LogP contribution is 2.16. The highest BCUT2D eigenvalue weighted by Gasteiger charge is 2.23. The zero-order chi connectivity index (χ0) is 23.7. The Balaban J connectivity index is 2.04. The van der Waals surface area contributed by atoms with Crippen LogP contribution in [0.2, 0.25) is 0 Å². The molecular formula is C22H32N4O5S. The maximum absolute atomic E-state index is 12.7. The fourth-order valence-electron chi connectivity index (χ4n) is 3.28. The Bertz CT molecular complexity index is 994. The molecule has 2 heterocycles. The summed E-state index contributed by atoms with van der Waals surface area (Å²) in [6, 6.07) is 1.68. The molecule has 2 rings (SSSR count). The number of allylic oxidation sites excluding steroid dienone is 2. The Morgan fingerprint density at radius 1 is 1.25 bits per heavy atom. The van der Waals surface area contributed by atoms with Crippen molar-refractivity contribution >= 4 is 27.7 Å². The number of sulfone groups is 1. The predicted octanol–water partition coefficient (Wildman–Crippen LogP) is 0.754. The lowest BCUT2D eigenvalue weighted by atomic mass is 10.1. The van der Waals surface area contributed by atoms with Gasteiger partial charge in [-0.25, -0.2) is 8.42 Å². The van der Waals surface area contributed by atoms with E-state index >= 15 is 0 Å². The van der Waals surface area contributed by atoms with Crippen LogP contribution in [-0.2, 0) is 14.6 Å². The number of carbonyl (C=O) groups excluding carboxylic acids is 2. The van der Waals surface area contributed by atoms with Gasteiger partial charge in [-0.2, -0.15) is 0 Å². The molecule has 1 aromatic heterocycles. The third-order valence-electron chi connectivity index (χ3n) is 4.92. The van der Waals surface area contributed by atoms with Crippen LogP contribution in [0.4, 0.5) is 0 Å². The number of aromatic nitrogens is 1. The number of nitrogens with one attached hydrogen (secondary N) is 3. The molecule has 0 bridgehead atoms. The van der Waals surface area contributed by atoms with Gasteiger partial charge in [-0.05, 0) is 39.1 Å². The van der Waals surface area contributed by atoms with Crippen molar-refractivity contribution in [2.75, 3.05) is 37.7 Å². The van der Waals surface area contributed by atoms with Gasteiger partial charge in [0.05, 0.1) is 28.9 Å². The Morgan fingerprint density at radius 3 is 2.56 bits per heavy atom. The average Bonchev–Trinajstić information content (AvgIpc) is 3.11. The molecule has 1 aromatic rings. The lowest BCUT2D eigenvalue weighted by molar-refractivity contribution is -0.116. The molecule has 1 aliphatic heterocycles. The molecule has 4 N–H and O–H groups in total. The summed E-state index contributed by atoms with van der Waals surface area (Å²) in [6.45, 7) is 6.46. The van der Waals surface area contributed by atoms with E-state index in [-0.39, 0.29) is 36.4 Å². The van der Waals surface area contributed by atoms with Crippen molar-refractivity contribution in [3.8, 4) is 0 Å². The van der Waals surface area contributed by atoms with Gasteiger partial charge in [0.1, 0.15) is 0 Å². The van der Waals surface area contributed by atoms with E-state index in [0.717, 1.165) is 5.69 Å². The lowest BCUT2D eigenvalue weighted by Crippen LogP contribution is -2.46. The molecule has 1 aliphatic rings. The maximum atomic E-state index is 12.7. The number of aromatic amines is 1. The van der Waals surface area contributed by atoms with E-state index in [0.29, 0.717) is 29.9 Å². The average molecular weight is 465 g/mol. The maximum Gasteiger partial charge on any atom is 0.255 e. The molecule has 2 amide bonds. The third kappa shape index (κ3) is 7.77. The number of hydrogen-bond donors (Lipinski definition) is 4. The molecule has 9 nitrogen and oxygen atoms in total. The van der Waals surface area contributed by atoms with Crippen LogP contribution in [-0.4, -0.2) is 79.0 Å². The monoisotopic (exact) mass is 464 g/mol. The number of nitrogens with zero attached hydrogens (tertiary/aromatic N) is 1. The van der Waals surface area contributed by atoms with E-state index in [2.05, 4.69) is 15.6 Å². The SMILES string of the molecule is C/C=C/NC(=O)C(=C\c1[nH]c(C)cc1C(=O)NCC(O)CN1CCS(=O)(=O)CC1)/C=C/C. The van der Waals surface area contributed by atoms with Crippen LogP contribution in [0.15, 0.2) is 36.1 Å². The Labute approximate surface area is 189 Å². The fourth-order valence-corrected chi connectivity index (χ4v) is 4.56. The largest absolute Gasteiger partial charge is 0.390 e. The number of aliphatic hydroxyl groups is 1. The number of amides is 2. The van der Waals surface area contributed by atoms with Crippen molar-refractivity contribution in [3.63, 3.8) is 0 Å². The van der Waals surface area contributed by atoms with Gasteiger partial charge < -0.3 is 20.7 Å². The summed E-state index contributed by atoms with van der Waals surface area (Å²) in [5.74, 6) is -0.519. The summed E-state index contributed by atoms with van der Waals surface area (Å²) in [5, 5.41) is 15.6. The van der Waals surface area contributed by atoms with Crippen LogP contribution in [0.1, 0.15) is 35.6 Å². The lowest BCUT2D eigenvalue weighted by Gasteiger charge is -2.28. The second-order valence-corrected chi connectivity index (χ2v) is 9.97. The van der Waals surface area contributed by atoms with E-state index in [1.807, 2.05) is 11.8 Å². The van der Waals surface area contributed by atoms with Gasteiger partial charge in [0.15, 0.2) is 9.84 Å². The molecule has 0 radical (unpaired) electrons. The van der Waals surface area contributed by atoms with E-state index < -0.39 is 15.9 Å². The number of H-pyrrole nitrogens is 1. The second kappa shape index (κ2) is 11.8. The minimum atomic E-state index is -2.98. The Kier molecular flexibility index (Phi) is 9.42. The molecule has 1 unspecified atom stereocenters. The molecule has 0 aromatic carbocycles. The molecule has 10 heteroatoms. The van der Waals surface area contributed by atoms with Crippen molar-refractivity contribution in [1.29, 1.82) is 0 Å². The highest BCUT2D eigenvalue weighted by atomic mass is 32.2. The van der Waals surface area contributed by atoms with Crippen LogP contribution in [0.3, 0.4) is 0 Å². The van der Waals surface area contributed by atoms with Gasteiger partial charge in [-0.3, -0.25) is 14.5 Å². The summed E-state index contributed by atoms with van der Waals surface area (Å²) < 4.78 is 23.0. The molecule has 0 spiro atoms. The van der Waals surface area contributed by atoms with Gasteiger partial charge in [-0.15, -0.1) is 0 Å². The smallest absolute Gasteiger partial charge is 0.255 e. The zero-order valence-electron chi connectivity index (χ0n) is 18.7. The Hall–Kier alpha value is -2.69. The van der Waals surface area contributed by atoms with Gasteiger partial charge in [-0.1, -0.05) is 18.2 Å². The first-order valence-electron chi connectivity index (χ1n) is 10.5. The number of carbonyl (C=O) groups is 2. The number of hydrogen-bond acceptors (Lipinski definition) is 6. The first kappa shape index (κ1) is 25.6. The molecular weight excluding hydrogens is 432 g/mol. The van der Waals surface area contributed by atoms with Gasteiger partial charge in [0.2, 0.25) is 0 Å². The standard InChI is InChI=1S/C22H32N4O5S/c1-4-6-17(21(28)23-7-5-2)13-20-19(12-16(3)25-20)22(29)24-14-18(27)15-26-8-10-32(30,31)11-9-26/h4-7,12-13,18,25,27H,8-11,14-15H2,1-3H3,(H,23,28)(H,24,29)/b6-4+,7-5+,17-13-.